The topological polar surface area (TPSA) is 64.4 Å². The van der Waals surface area contributed by atoms with Gasteiger partial charge in [-0.15, -0.1) is 11.3 Å². The van der Waals surface area contributed by atoms with Crippen LogP contribution < -0.4 is 14.2 Å². The second kappa shape index (κ2) is 8.37. The first-order valence-electron chi connectivity index (χ1n) is 8.12. The number of nitrogens with zero attached hydrogens (tertiary/aromatic N) is 2. The van der Waals surface area contributed by atoms with Crippen molar-refractivity contribution in [2.45, 2.75) is 13.5 Å². The van der Waals surface area contributed by atoms with E-state index in [4.69, 9.17) is 19.5 Å². The van der Waals surface area contributed by atoms with Crippen LogP contribution in [0.5, 0.6) is 17.2 Å². The van der Waals surface area contributed by atoms with E-state index in [1.807, 2.05) is 30.5 Å². The molecule has 0 amide bonds. The van der Waals surface area contributed by atoms with Crippen molar-refractivity contribution in [1.82, 2.24) is 4.98 Å². The van der Waals surface area contributed by atoms with Crippen LogP contribution in [0.4, 0.5) is 0 Å². The molecule has 0 aliphatic heterocycles. The number of hydrogen-bond acceptors (Lipinski definition) is 6. The van der Waals surface area contributed by atoms with E-state index in [2.05, 4.69) is 11.1 Å². The number of hydrogen-bond donors (Lipinski definition) is 0. The Bertz CT molecular complexity index is 914. The van der Waals surface area contributed by atoms with Gasteiger partial charge in [0.05, 0.1) is 31.0 Å². The van der Waals surface area contributed by atoms with Crippen LogP contribution in [0.1, 0.15) is 18.2 Å². The van der Waals surface area contributed by atoms with Gasteiger partial charge in [0.15, 0.2) is 11.5 Å². The van der Waals surface area contributed by atoms with Crippen molar-refractivity contribution in [3.63, 3.8) is 0 Å². The van der Waals surface area contributed by atoms with Gasteiger partial charge >= 0.3 is 0 Å². The monoisotopic (exact) mass is 366 g/mol. The summed E-state index contributed by atoms with van der Waals surface area (Å²) in [5, 5.41) is 11.7. The summed E-state index contributed by atoms with van der Waals surface area (Å²) in [7, 11) is 1.63. The minimum atomic E-state index is 0.372. The molecule has 0 unspecified atom stereocenters. The Morgan fingerprint density at radius 1 is 1.08 bits per heavy atom. The van der Waals surface area contributed by atoms with Crippen LogP contribution in [0.3, 0.4) is 0 Å². The maximum atomic E-state index is 8.82. The minimum Gasteiger partial charge on any atom is -0.493 e. The van der Waals surface area contributed by atoms with Gasteiger partial charge in [0.25, 0.3) is 0 Å². The third-order valence-corrected chi connectivity index (χ3v) is 4.57. The molecule has 2 aromatic carbocycles. The van der Waals surface area contributed by atoms with Gasteiger partial charge in [-0.05, 0) is 49.4 Å². The van der Waals surface area contributed by atoms with Crippen molar-refractivity contribution in [1.29, 1.82) is 5.26 Å². The highest BCUT2D eigenvalue weighted by Gasteiger charge is 2.10. The molecular formula is C20H18N2O3S. The van der Waals surface area contributed by atoms with Gasteiger partial charge in [-0.25, -0.2) is 4.98 Å². The molecule has 5 nitrogen and oxygen atoms in total. The van der Waals surface area contributed by atoms with Crippen LogP contribution >= 0.6 is 11.3 Å². The molecule has 6 heteroatoms. The van der Waals surface area contributed by atoms with Crippen molar-refractivity contribution < 1.29 is 14.2 Å². The largest absolute Gasteiger partial charge is 0.493 e. The van der Waals surface area contributed by atoms with Crippen LogP contribution in [0.15, 0.2) is 47.8 Å². The number of rotatable bonds is 7. The Labute approximate surface area is 156 Å². The third-order valence-electron chi connectivity index (χ3n) is 3.63. The summed E-state index contributed by atoms with van der Waals surface area (Å²) in [4.78, 5) is 4.63. The maximum Gasteiger partial charge on any atom is 0.161 e. The zero-order chi connectivity index (χ0) is 18.4. The molecule has 26 heavy (non-hydrogen) atoms. The summed E-state index contributed by atoms with van der Waals surface area (Å²) >= 11 is 1.55. The molecule has 0 saturated heterocycles. The molecule has 0 aliphatic carbocycles. The van der Waals surface area contributed by atoms with E-state index in [1.54, 1.807) is 42.7 Å². The van der Waals surface area contributed by atoms with Crippen molar-refractivity contribution >= 4 is 11.3 Å². The molecule has 0 bridgehead atoms. The fourth-order valence-electron chi connectivity index (χ4n) is 2.36. The molecule has 0 radical (unpaired) electrons. The predicted octanol–water partition coefficient (Wildman–Crippen LogP) is 4.67. The SMILES string of the molecule is CCOc1ccc(-c2nc(COc3ccc(C#N)cc3)cs2)cc1OC. The Morgan fingerprint density at radius 2 is 1.88 bits per heavy atom. The molecule has 3 rings (SSSR count). The molecule has 0 fully saturated rings. The molecule has 0 spiro atoms. The van der Waals surface area contributed by atoms with E-state index >= 15 is 0 Å². The molecule has 0 N–H and O–H groups in total. The van der Waals surface area contributed by atoms with Crippen LogP contribution in [0.25, 0.3) is 10.6 Å². The van der Waals surface area contributed by atoms with Gasteiger partial charge in [-0.3, -0.25) is 0 Å². The van der Waals surface area contributed by atoms with E-state index in [1.165, 1.54) is 0 Å². The quantitative estimate of drug-likeness (QED) is 0.608. The lowest BCUT2D eigenvalue weighted by atomic mass is 10.2. The van der Waals surface area contributed by atoms with Gasteiger partial charge in [-0.1, -0.05) is 0 Å². The number of methoxy groups -OCH3 is 1. The predicted molar refractivity (Wildman–Crippen MR) is 101 cm³/mol. The van der Waals surface area contributed by atoms with Crippen LogP contribution in [-0.4, -0.2) is 18.7 Å². The zero-order valence-electron chi connectivity index (χ0n) is 14.6. The third kappa shape index (κ3) is 4.13. The van der Waals surface area contributed by atoms with Crippen LogP contribution in [0.2, 0.25) is 0 Å². The van der Waals surface area contributed by atoms with Crippen molar-refractivity contribution in [3.05, 3.63) is 59.1 Å². The Morgan fingerprint density at radius 3 is 2.58 bits per heavy atom. The van der Waals surface area contributed by atoms with Gasteiger partial charge in [-0.2, -0.15) is 5.26 Å². The fraction of sp³-hybridized carbons (Fsp3) is 0.200. The molecule has 0 saturated carbocycles. The number of aromatic nitrogens is 1. The summed E-state index contributed by atoms with van der Waals surface area (Å²) in [6, 6.07) is 14.9. The van der Waals surface area contributed by atoms with Gasteiger partial charge in [0, 0.05) is 10.9 Å². The Hall–Kier alpha value is -3.04. The van der Waals surface area contributed by atoms with E-state index in [0.29, 0.717) is 30.3 Å². The summed E-state index contributed by atoms with van der Waals surface area (Å²) in [5.41, 5.74) is 2.43. The molecule has 132 valence electrons. The number of ether oxygens (including phenoxy) is 3. The number of thiazole rings is 1. The maximum absolute atomic E-state index is 8.82. The van der Waals surface area contributed by atoms with Crippen molar-refractivity contribution in [3.8, 4) is 33.9 Å². The molecular weight excluding hydrogens is 348 g/mol. The van der Waals surface area contributed by atoms with Gasteiger partial charge < -0.3 is 14.2 Å². The summed E-state index contributed by atoms with van der Waals surface area (Å²) in [6.07, 6.45) is 0. The molecule has 1 heterocycles. The van der Waals surface area contributed by atoms with E-state index in [0.717, 1.165) is 22.0 Å². The highest BCUT2D eigenvalue weighted by molar-refractivity contribution is 7.13. The zero-order valence-corrected chi connectivity index (χ0v) is 15.4. The van der Waals surface area contributed by atoms with E-state index in [9.17, 15) is 0 Å². The highest BCUT2D eigenvalue weighted by atomic mass is 32.1. The molecule has 0 atom stereocenters. The Balaban J connectivity index is 1.70. The number of benzene rings is 2. The molecule has 3 aromatic rings. The van der Waals surface area contributed by atoms with Crippen molar-refractivity contribution in [2.24, 2.45) is 0 Å². The lowest BCUT2D eigenvalue weighted by Gasteiger charge is -2.10. The number of nitriles is 1. The van der Waals surface area contributed by atoms with Gasteiger partial charge in [0.1, 0.15) is 17.4 Å². The standard InChI is InChI=1S/C20H18N2O3S/c1-3-24-18-9-6-15(10-19(18)23-2)20-22-16(13-26-20)12-25-17-7-4-14(11-21)5-8-17/h4-10,13H,3,12H2,1-2H3. The Kier molecular flexibility index (Phi) is 5.72. The van der Waals surface area contributed by atoms with Crippen LogP contribution in [-0.2, 0) is 6.61 Å². The lowest BCUT2D eigenvalue weighted by molar-refractivity contribution is 0.302. The summed E-state index contributed by atoms with van der Waals surface area (Å²) < 4.78 is 16.7. The first kappa shape index (κ1) is 17.8. The van der Waals surface area contributed by atoms with Crippen LogP contribution in [0, 0.1) is 11.3 Å². The second-order valence-corrected chi connectivity index (χ2v) is 6.23. The average molecular weight is 366 g/mol. The average Bonchev–Trinajstić information content (AvgIpc) is 3.16. The summed E-state index contributed by atoms with van der Waals surface area (Å²) in [6.45, 7) is 2.90. The first-order valence-corrected chi connectivity index (χ1v) is 9.00. The lowest BCUT2D eigenvalue weighted by Crippen LogP contribution is -1.96. The second-order valence-electron chi connectivity index (χ2n) is 5.37. The normalized spacial score (nSPS) is 10.2. The fourth-order valence-corrected chi connectivity index (χ4v) is 3.17. The molecule has 1 aromatic heterocycles. The smallest absolute Gasteiger partial charge is 0.161 e. The highest BCUT2D eigenvalue weighted by Crippen LogP contribution is 2.33. The first-order chi connectivity index (χ1) is 12.7. The van der Waals surface area contributed by atoms with Crippen molar-refractivity contribution in [2.75, 3.05) is 13.7 Å². The van der Waals surface area contributed by atoms with E-state index < -0.39 is 0 Å². The summed E-state index contributed by atoms with van der Waals surface area (Å²) in [5.74, 6) is 2.12. The molecule has 0 aliphatic rings. The van der Waals surface area contributed by atoms with E-state index in [-0.39, 0.29) is 0 Å². The van der Waals surface area contributed by atoms with Gasteiger partial charge in [0.2, 0.25) is 0 Å². The minimum absolute atomic E-state index is 0.372.